The molecule has 1 N–H and O–H groups in total. The third-order valence-corrected chi connectivity index (χ3v) is 4.82. The summed E-state index contributed by atoms with van der Waals surface area (Å²) >= 11 is 5.79. The average molecular weight is 324 g/mol. The smallest absolute Gasteiger partial charge is 0.214 e. The molecule has 0 heterocycles. The third-order valence-electron chi connectivity index (χ3n) is 3.25. The number of sulfonamides is 1. The summed E-state index contributed by atoms with van der Waals surface area (Å²) in [6.07, 6.45) is 0. The Morgan fingerprint density at radius 3 is 2.29 bits per heavy atom. The first-order chi connectivity index (χ1) is 9.96. The summed E-state index contributed by atoms with van der Waals surface area (Å²) in [6, 6.07) is 16.7. The quantitative estimate of drug-likeness (QED) is 0.883. The molecule has 2 aromatic carbocycles. The van der Waals surface area contributed by atoms with Crippen LogP contribution in [0.1, 0.15) is 24.0 Å². The van der Waals surface area contributed by atoms with Gasteiger partial charge in [0.15, 0.2) is 0 Å². The second-order valence-electron chi connectivity index (χ2n) is 5.05. The minimum Gasteiger partial charge on any atom is -0.214 e. The molecule has 0 aliphatic carbocycles. The predicted molar refractivity (Wildman–Crippen MR) is 86.9 cm³/mol. The molecule has 0 aromatic heterocycles. The van der Waals surface area contributed by atoms with Crippen molar-refractivity contribution in [3.8, 4) is 0 Å². The van der Waals surface area contributed by atoms with Gasteiger partial charge in [0.25, 0.3) is 0 Å². The summed E-state index contributed by atoms with van der Waals surface area (Å²) in [6.45, 7) is 2.39. The fraction of sp³-hybridized carbons (Fsp3) is 0.250. The lowest BCUT2D eigenvalue weighted by atomic mass is 10.0. The molecule has 0 aliphatic rings. The van der Waals surface area contributed by atoms with E-state index >= 15 is 0 Å². The van der Waals surface area contributed by atoms with Crippen molar-refractivity contribution in [2.45, 2.75) is 18.6 Å². The first-order valence-corrected chi connectivity index (χ1v) is 8.76. The van der Waals surface area contributed by atoms with Gasteiger partial charge in [-0.25, -0.2) is 13.1 Å². The van der Waals surface area contributed by atoms with Crippen molar-refractivity contribution < 1.29 is 8.42 Å². The maximum atomic E-state index is 12.1. The third kappa shape index (κ3) is 5.16. The summed E-state index contributed by atoms with van der Waals surface area (Å²) in [5, 5.41) is 0.599. The second kappa shape index (κ2) is 7.07. The van der Waals surface area contributed by atoms with E-state index in [0.717, 1.165) is 11.1 Å². The van der Waals surface area contributed by atoms with E-state index in [-0.39, 0.29) is 11.7 Å². The van der Waals surface area contributed by atoms with E-state index in [1.165, 1.54) is 0 Å². The Bertz CT molecular complexity index is 669. The molecular formula is C16H18ClNO2S. The molecule has 0 aliphatic heterocycles. The molecule has 0 fully saturated rings. The lowest BCUT2D eigenvalue weighted by molar-refractivity contribution is 0.574. The van der Waals surface area contributed by atoms with Gasteiger partial charge in [0, 0.05) is 11.6 Å². The van der Waals surface area contributed by atoms with Crippen LogP contribution in [-0.2, 0) is 15.8 Å². The van der Waals surface area contributed by atoms with Gasteiger partial charge in [0.2, 0.25) is 10.0 Å². The Labute approximate surface area is 131 Å². The van der Waals surface area contributed by atoms with Gasteiger partial charge in [-0.2, -0.15) is 0 Å². The predicted octanol–water partition coefficient (Wildman–Crippen LogP) is 3.56. The molecule has 1 atom stereocenters. The summed E-state index contributed by atoms with van der Waals surface area (Å²) in [5.41, 5.74) is 1.84. The number of benzene rings is 2. The zero-order valence-electron chi connectivity index (χ0n) is 11.8. The van der Waals surface area contributed by atoms with E-state index in [2.05, 4.69) is 4.72 Å². The van der Waals surface area contributed by atoms with Crippen LogP contribution in [0.25, 0.3) is 0 Å². The number of halogens is 1. The van der Waals surface area contributed by atoms with Crippen molar-refractivity contribution in [2.24, 2.45) is 0 Å². The molecule has 2 rings (SSSR count). The maximum absolute atomic E-state index is 12.1. The van der Waals surface area contributed by atoms with Crippen molar-refractivity contribution in [3.05, 3.63) is 70.7 Å². The number of hydrogen-bond acceptors (Lipinski definition) is 2. The molecule has 0 amide bonds. The van der Waals surface area contributed by atoms with Gasteiger partial charge < -0.3 is 0 Å². The van der Waals surface area contributed by atoms with Crippen molar-refractivity contribution in [2.75, 3.05) is 6.54 Å². The van der Waals surface area contributed by atoms with Crippen LogP contribution in [0.4, 0.5) is 0 Å². The fourth-order valence-corrected chi connectivity index (χ4v) is 3.37. The van der Waals surface area contributed by atoms with Gasteiger partial charge in [-0.05, 0) is 29.2 Å². The van der Waals surface area contributed by atoms with Gasteiger partial charge in [-0.3, -0.25) is 0 Å². The standard InChI is InChI=1S/C16H18ClNO2S/c1-13(15-5-3-2-4-6-15)11-18-21(19,20)12-14-7-9-16(17)10-8-14/h2-10,13,18H,11-12H2,1H3/t13-/m1/s1. The molecule has 3 nitrogen and oxygen atoms in total. The van der Waals surface area contributed by atoms with Crippen LogP contribution in [0, 0.1) is 0 Å². The highest BCUT2D eigenvalue weighted by Crippen LogP contribution is 2.15. The van der Waals surface area contributed by atoms with Crippen LogP contribution < -0.4 is 4.72 Å². The molecule has 21 heavy (non-hydrogen) atoms. The van der Waals surface area contributed by atoms with Crippen molar-refractivity contribution in [1.29, 1.82) is 0 Å². The lowest BCUT2D eigenvalue weighted by Gasteiger charge is -2.13. The molecule has 2 aromatic rings. The SMILES string of the molecule is C[C@H](CNS(=O)(=O)Cc1ccc(Cl)cc1)c1ccccc1. The van der Waals surface area contributed by atoms with Crippen molar-refractivity contribution in [3.63, 3.8) is 0 Å². The Kier molecular flexibility index (Phi) is 5.39. The Morgan fingerprint density at radius 2 is 1.67 bits per heavy atom. The number of nitrogens with one attached hydrogen (secondary N) is 1. The molecule has 0 saturated heterocycles. The van der Waals surface area contributed by atoms with E-state index in [9.17, 15) is 8.42 Å². The van der Waals surface area contributed by atoms with Crippen LogP contribution in [0.5, 0.6) is 0 Å². The van der Waals surface area contributed by atoms with Crippen LogP contribution >= 0.6 is 11.6 Å². The van der Waals surface area contributed by atoms with Crippen LogP contribution in [0.15, 0.2) is 54.6 Å². The average Bonchev–Trinajstić information content (AvgIpc) is 2.48. The first-order valence-electron chi connectivity index (χ1n) is 6.73. The van der Waals surface area contributed by atoms with E-state index in [0.29, 0.717) is 11.6 Å². The Morgan fingerprint density at radius 1 is 1.05 bits per heavy atom. The van der Waals surface area contributed by atoms with Gasteiger partial charge >= 0.3 is 0 Å². The highest BCUT2D eigenvalue weighted by Gasteiger charge is 2.14. The minimum absolute atomic E-state index is 0.0360. The topological polar surface area (TPSA) is 46.2 Å². The second-order valence-corrected chi connectivity index (χ2v) is 7.29. The fourth-order valence-electron chi connectivity index (χ4n) is 2.00. The summed E-state index contributed by atoms with van der Waals surface area (Å²) in [7, 11) is -3.34. The van der Waals surface area contributed by atoms with Gasteiger partial charge in [-0.15, -0.1) is 0 Å². The zero-order valence-corrected chi connectivity index (χ0v) is 13.4. The highest BCUT2D eigenvalue weighted by molar-refractivity contribution is 7.88. The zero-order chi connectivity index (χ0) is 15.3. The van der Waals surface area contributed by atoms with E-state index in [1.54, 1.807) is 24.3 Å². The molecule has 112 valence electrons. The lowest BCUT2D eigenvalue weighted by Crippen LogP contribution is -2.28. The van der Waals surface area contributed by atoms with Crippen LogP contribution in [0.2, 0.25) is 5.02 Å². The first kappa shape index (κ1) is 16.0. The summed E-state index contributed by atoms with van der Waals surface area (Å²) in [4.78, 5) is 0. The molecular weight excluding hydrogens is 306 g/mol. The van der Waals surface area contributed by atoms with E-state index in [1.807, 2.05) is 37.3 Å². The molecule has 5 heteroatoms. The van der Waals surface area contributed by atoms with Gasteiger partial charge in [0.1, 0.15) is 0 Å². The number of rotatable bonds is 6. The minimum atomic E-state index is -3.34. The largest absolute Gasteiger partial charge is 0.215 e. The summed E-state index contributed by atoms with van der Waals surface area (Å²) in [5.74, 6) is 0.0947. The normalized spacial score (nSPS) is 13.0. The van der Waals surface area contributed by atoms with Crippen molar-refractivity contribution >= 4 is 21.6 Å². The van der Waals surface area contributed by atoms with Crippen LogP contribution in [0.3, 0.4) is 0 Å². The van der Waals surface area contributed by atoms with E-state index in [4.69, 9.17) is 11.6 Å². The molecule has 0 radical (unpaired) electrons. The number of hydrogen-bond donors (Lipinski definition) is 1. The molecule has 0 unspecified atom stereocenters. The van der Waals surface area contributed by atoms with E-state index < -0.39 is 10.0 Å². The van der Waals surface area contributed by atoms with Gasteiger partial charge in [-0.1, -0.05) is 61.0 Å². The molecule has 0 spiro atoms. The van der Waals surface area contributed by atoms with Gasteiger partial charge in [0.05, 0.1) is 5.75 Å². The Balaban J connectivity index is 1.94. The highest BCUT2D eigenvalue weighted by atomic mass is 35.5. The monoisotopic (exact) mass is 323 g/mol. The van der Waals surface area contributed by atoms with Crippen molar-refractivity contribution in [1.82, 2.24) is 4.72 Å². The maximum Gasteiger partial charge on any atom is 0.215 e. The molecule has 0 bridgehead atoms. The Hall–Kier alpha value is -1.36. The molecule has 0 saturated carbocycles. The van der Waals surface area contributed by atoms with Crippen LogP contribution in [-0.4, -0.2) is 15.0 Å². The summed E-state index contributed by atoms with van der Waals surface area (Å²) < 4.78 is 26.8.